The third-order valence-electron chi connectivity index (χ3n) is 2.24. The van der Waals surface area contributed by atoms with Gasteiger partial charge in [0, 0.05) is 26.5 Å². The summed E-state index contributed by atoms with van der Waals surface area (Å²) >= 11 is 6.04. The number of hydrogen-bond acceptors (Lipinski definition) is 4. The summed E-state index contributed by atoms with van der Waals surface area (Å²) in [6, 6.07) is 3.95. The molecular formula is C10H4Br2F3N3O3. The Morgan fingerprint density at radius 3 is 2.57 bits per heavy atom. The number of nitrogens with one attached hydrogen (secondary N) is 1. The monoisotopic (exact) mass is 429 g/mol. The first-order chi connectivity index (χ1) is 9.70. The van der Waals surface area contributed by atoms with Crippen LogP contribution in [0.2, 0.25) is 0 Å². The van der Waals surface area contributed by atoms with E-state index in [2.05, 4.69) is 46.6 Å². The van der Waals surface area contributed by atoms with Crippen LogP contribution in [0.1, 0.15) is 0 Å². The van der Waals surface area contributed by atoms with Crippen molar-refractivity contribution in [3.8, 4) is 5.69 Å². The van der Waals surface area contributed by atoms with Gasteiger partial charge in [-0.15, -0.1) is 0 Å². The maximum Gasteiger partial charge on any atom is 0.442 e. The summed E-state index contributed by atoms with van der Waals surface area (Å²) in [6.07, 6.45) is -5.09. The summed E-state index contributed by atoms with van der Waals surface area (Å²) in [6.45, 7) is 0. The van der Waals surface area contributed by atoms with E-state index in [0.29, 0.717) is 4.47 Å². The molecule has 0 spiro atoms. The van der Waals surface area contributed by atoms with Crippen LogP contribution < -0.4 is 15.4 Å². The minimum atomic E-state index is -5.09. The molecule has 6 nitrogen and oxygen atoms in total. The lowest BCUT2D eigenvalue weighted by atomic mass is 10.2. The number of hydrogen-bond donors (Lipinski definition) is 1. The summed E-state index contributed by atoms with van der Waals surface area (Å²) in [5.74, 6) is -2.26. The fraction of sp³-hybridized carbons (Fsp3) is 0.100. The van der Waals surface area contributed by atoms with Crippen molar-refractivity contribution in [1.29, 1.82) is 0 Å². The molecule has 11 heteroatoms. The summed E-state index contributed by atoms with van der Waals surface area (Å²) < 4.78 is 42.8. The number of aliphatic imine (C=N–C) groups is 1. The Labute approximate surface area is 131 Å². The number of benzene rings is 1. The van der Waals surface area contributed by atoms with Crippen molar-refractivity contribution in [1.82, 2.24) is 5.27 Å². The van der Waals surface area contributed by atoms with Gasteiger partial charge in [-0.05, 0) is 22.1 Å². The number of halogens is 5. The average molecular weight is 431 g/mol. The minimum absolute atomic E-state index is 0.0136. The quantitative estimate of drug-likeness (QED) is 0.447. The highest BCUT2D eigenvalue weighted by molar-refractivity contribution is 9.10. The van der Waals surface area contributed by atoms with E-state index in [1.54, 1.807) is 0 Å². The van der Waals surface area contributed by atoms with E-state index in [4.69, 9.17) is 0 Å². The van der Waals surface area contributed by atoms with E-state index < -0.39 is 17.7 Å². The Morgan fingerprint density at radius 2 is 2.05 bits per heavy atom. The predicted octanol–water partition coefficient (Wildman–Crippen LogP) is 1.72. The van der Waals surface area contributed by atoms with E-state index in [0.717, 1.165) is 4.68 Å². The highest BCUT2D eigenvalue weighted by Gasteiger charge is 2.30. The Balaban J connectivity index is 2.64. The number of H-pyrrole nitrogens is 1. The van der Waals surface area contributed by atoms with Gasteiger partial charge in [-0.3, -0.25) is 9.52 Å². The molecule has 0 aliphatic rings. The predicted molar refractivity (Wildman–Crippen MR) is 69.4 cm³/mol. The van der Waals surface area contributed by atoms with Crippen LogP contribution in [0.5, 0.6) is 0 Å². The van der Waals surface area contributed by atoms with Crippen LogP contribution in [0, 0.1) is 0 Å². The second-order valence-electron chi connectivity index (χ2n) is 3.65. The van der Waals surface area contributed by atoms with Crippen LogP contribution in [0.15, 0.2) is 41.6 Å². The Morgan fingerprint density at radius 1 is 1.38 bits per heavy atom. The van der Waals surface area contributed by atoms with Crippen LogP contribution in [-0.4, -0.2) is 17.3 Å². The maximum absolute atomic E-state index is 12.3. The Bertz CT molecular complexity index is 767. The lowest BCUT2D eigenvalue weighted by molar-refractivity contribution is -0.679. The molecule has 2 aromatic rings. The topological polar surface area (TPSA) is 85.3 Å². The average Bonchev–Trinajstić information content (AvgIpc) is 2.71. The SMILES string of the molecule is O=c1o[nH][n+](-c2cc(Br)ccc2N=C([O-])C(F)(F)F)c1Br. The molecule has 2 rings (SSSR count). The number of alkyl halides is 3. The highest BCUT2D eigenvalue weighted by atomic mass is 79.9. The van der Waals surface area contributed by atoms with Crippen molar-refractivity contribution in [3.63, 3.8) is 0 Å². The lowest BCUT2D eigenvalue weighted by Gasteiger charge is -2.13. The Hall–Kier alpha value is -1.62. The second kappa shape index (κ2) is 5.64. The third-order valence-corrected chi connectivity index (χ3v) is 3.41. The molecule has 0 amide bonds. The van der Waals surface area contributed by atoms with Crippen LogP contribution in [0.3, 0.4) is 0 Å². The molecule has 0 radical (unpaired) electrons. The smallest absolute Gasteiger partial charge is 0.442 e. The highest BCUT2D eigenvalue weighted by Crippen LogP contribution is 2.26. The van der Waals surface area contributed by atoms with Crippen molar-refractivity contribution in [2.24, 2.45) is 4.99 Å². The fourth-order valence-electron chi connectivity index (χ4n) is 1.36. The summed E-state index contributed by atoms with van der Waals surface area (Å²) in [4.78, 5) is 14.2. The van der Waals surface area contributed by atoms with Crippen molar-refractivity contribution >= 4 is 43.4 Å². The Kier molecular flexibility index (Phi) is 4.23. The minimum Gasteiger partial charge on any atom is -0.855 e. The van der Waals surface area contributed by atoms with Gasteiger partial charge in [0.2, 0.25) is 0 Å². The van der Waals surface area contributed by atoms with Gasteiger partial charge >= 0.3 is 16.4 Å². The first-order valence-corrected chi connectivity index (χ1v) is 6.70. The molecular weight excluding hydrogens is 427 g/mol. The van der Waals surface area contributed by atoms with E-state index >= 15 is 0 Å². The van der Waals surface area contributed by atoms with E-state index in [-0.39, 0.29) is 16.0 Å². The zero-order valence-electron chi connectivity index (χ0n) is 9.74. The van der Waals surface area contributed by atoms with Gasteiger partial charge in [0.25, 0.3) is 5.69 Å². The van der Waals surface area contributed by atoms with Crippen LogP contribution in [0.25, 0.3) is 5.69 Å². The molecule has 1 aromatic carbocycles. The molecule has 0 saturated carbocycles. The van der Waals surface area contributed by atoms with Gasteiger partial charge in [0.1, 0.15) is 5.69 Å². The van der Waals surface area contributed by atoms with Crippen LogP contribution >= 0.6 is 31.9 Å². The molecule has 0 bridgehead atoms. The van der Waals surface area contributed by atoms with Crippen LogP contribution in [0.4, 0.5) is 18.9 Å². The standard InChI is InChI=1S/C10H4Br2F3N3O3/c11-4-1-2-5(16-9(20)10(13,14)15)6(3-4)18-7(12)8(19)21-17-18/h1-3H,(H-,16,17,19,20). The van der Waals surface area contributed by atoms with E-state index in [1.165, 1.54) is 18.2 Å². The van der Waals surface area contributed by atoms with Gasteiger partial charge in [-0.25, -0.2) is 4.79 Å². The van der Waals surface area contributed by atoms with E-state index in [9.17, 15) is 23.1 Å². The molecule has 21 heavy (non-hydrogen) atoms. The van der Waals surface area contributed by atoms with Gasteiger partial charge in [-0.1, -0.05) is 15.9 Å². The largest absolute Gasteiger partial charge is 0.855 e. The first kappa shape index (κ1) is 15.8. The van der Waals surface area contributed by atoms with Gasteiger partial charge in [0.15, 0.2) is 0 Å². The lowest BCUT2D eigenvalue weighted by Crippen LogP contribution is -2.36. The molecule has 1 heterocycles. The van der Waals surface area contributed by atoms with Crippen molar-refractivity contribution in [2.45, 2.75) is 6.18 Å². The molecule has 112 valence electrons. The van der Waals surface area contributed by atoms with Crippen molar-refractivity contribution in [3.05, 3.63) is 37.7 Å². The fourth-order valence-corrected chi connectivity index (χ4v) is 2.05. The van der Waals surface area contributed by atoms with E-state index in [1.807, 2.05) is 0 Å². The van der Waals surface area contributed by atoms with Crippen LogP contribution in [-0.2, 0) is 0 Å². The van der Waals surface area contributed by atoms with Crippen molar-refractivity contribution in [2.75, 3.05) is 0 Å². The third kappa shape index (κ3) is 3.35. The first-order valence-electron chi connectivity index (χ1n) is 5.12. The second-order valence-corrected chi connectivity index (χ2v) is 5.32. The zero-order valence-corrected chi connectivity index (χ0v) is 12.9. The van der Waals surface area contributed by atoms with Gasteiger partial charge in [-0.2, -0.15) is 13.2 Å². The number of aromatic amines is 1. The summed E-state index contributed by atoms with van der Waals surface area (Å²) in [5.41, 5.74) is -1.05. The van der Waals surface area contributed by atoms with Gasteiger partial charge in [0.05, 0.1) is 5.90 Å². The zero-order chi connectivity index (χ0) is 15.8. The molecule has 0 atom stereocenters. The maximum atomic E-state index is 12.3. The number of aromatic nitrogens is 2. The summed E-state index contributed by atoms with van der Waals surface area (Å²) in [7, 11) is 0. The van der Waals surface area contributed by atoms with Gasteiger partial charge < -0.3 is 5.11 Å². The molecule has 0 fully saturated rings. The van der Waals surface area contributed by atoms with Crippen molar-refractivity contribution < 1.29 is 27.5 Å². The molecule has 0 aliphatic carbocycles. The molecule has 1 aromatic heterocycles. The normalized spacial score (nSPS) is 12.7. The molecule has 0 unspecified atom stereocenters. The molecule has 1 N–H and O–H groups in total. The molecule has 0 aliphatic heterocycles. The number of rotatable bonds is 2. The number of nitrogens with zero attached hydrogens (tertiary/aromatic N) is 2. The summed E-state index contributed by atoms with van der Waals surface area (Å²) in [5, 5.41) is 13.2. The molecule has 0 saturated heterocycles.